The molecule has 7 aliphatic rings. The summed E-state index contributed by atoms with van der Waals surface area (Å²) in [5.41, 5.74) is 2.14. The Labute approximate surface area is 413 Å². The number of fused-ring (bicyclic) bond motifs is 4. The van der Waals surface area contributed by atoms with Gasteiger partial charge in [0.05, 0.1) is 36.0 Å². The van der Waals surface area contributed by atoms with Crippen LogP contribution in [0.15, 0.2) is 97.5 Å². The molecule has 1 aliphatic carbocycles. The second kappa shape index (κ2) is 18.8. The number of nitrogens with zero attached hydrogens (tertiary/aromatic N) is 6. The number of anilines is 4. The minimum absolute atomic E-state index is 0.00661. The lowest BCUT2D eigenvalue weighted by molar-refractivity contribution is -0.131. The normalized spacial score (nSPS) is 21.7. The predicted molar refractivity (Wildman–Crippen MR) is 264 cm³/mol. The molecule has 3 unspecified atom stereocenters. The lowest BCUT2D eigenvalue weighted by Gasteiger charge is -2.57. The number of amides is 6. The van der Waals surface area contributed by atoms with Crippen LogP contribution in [0.1, 0.15) is 65.7 Å². The molecular formula is C53H53FN10O8. The van der Waals surface area contributed by atoms with Crippen molar-refractivity contribution in [1.29, 1.82) is 0 Å². The number of pyridine rings is 2. The molecule has 6 fully saturated rings. The van der Waals surface area contributed by atoms with Crippen molar-refractivity contribution in [3.8, 4) is 17.2 Å². The Morgan fingerprint density at radius 1 is 0.833 bits per heavy atom. The van der Waals surface area contributed by atoms with Crippen molar-refractivity contribution in [2.24, 2.45) is 11.3 Å². The molecule has 2 bridgehead atoms. The van der Waals surface area contributed by atoms with E-state index in [2.05, 4.69) is 52.5 Å². The van der Waals surface area contributed by atoms with Crippen LogP contribution in [0.25, 0.3) is 10.9 Å². The summed E-state index contributed by atoms with van der Waals surface area (Å²) < 4.78 is 25.6. The van der Waals surface area contributed by atoms with Gasteiger partial charge < -0.3 is 35.6 Å². The number of nitrogens with one attached hydrogen (secondary N) is 4. The molecule has 370 valence electrons. The topological polar surface area (TPSA) is 208 Å². The van der Waals surface area contributed by atoms with Crippen LogP contribution in [0, 0.1) is 17.2 Å². The number of imide groups is 1. The third-order valence-electron chi connectivity index (χ3n) is 15.0. The maximum absolute atomic E-state index is 13.6. The molecule has 3 atom stereocenters. The summed E-state index contributed by atoms with van der Waals surface area (Å²) in [4.78, 5) is 96.2. The zero-order valence-corrected chi connectivity index (χ0v) is 39.6. The van der Waals surface area contributed by atoms with Crippen molar-refractivity contribution in [3.63, 3.8) is 0 Å². The molecule has 18 nitrogen and oxygen atoms in total. The molecule has 6 aliphatic heterocycles. The summed E-state index contributed by atoms with van der Waals surface area (Å²) in [7, 11) is 1.66. The van der Waals surface area contributed by atoms with E-state index in [1.54, 1.807) is 43.6 Å². The van der Waals surface area contributed by atoms with Gasteiger partial charge >= 0.3 is 0 Å². The minimum atomic E-state index is -1.18. The molecule has 72 heavy (non-hydrogen) atoms. The monoisotopic (exact) mass is 976 g/mol. The molecule has 1 saturated carbocycles. The van der Waals surface area contributed by atoms with Crippen LogP contribution < -0.4 is 35.6 Å². The van der Waals surface area contributed by atoms with Crippen molar-refractivity contribution >= 4 is 69.2 Å². The Hall–Kier alpha value is -7.77. The molecular weight excluding hydrogens is 924 g/mol. The van der Waals surface area contributed by atoms with Crippen molar-refractivity contribution < 1.29 is 42.6 Å². The number of carbonyl (C=O) groups is 6. The van der Waals surface area contributed by atoms with Crippen LogP contribution in [0.4, 0.5) is 27.3 Å². The highest BCUT2D eigenvalue weighted by Gasteiger charge is 2.56. The summed E-state index contributed by atoms with van der Waals surface area (Å²) in [6, 6.07) is 19.3. The highest BCUT2D eigenvalue weighted by atomic mass is 19.1. The van der Waals surface area contributed by atoms with Crippen molar-refractivity contribution in [2.45, 2.75) is 63.1 Å². The molecule has 0 radical (unpaired) electrons. The van der Waals surface area contributed by atoms with Crippen LogP contribution in [0.3, 0.4) is 0 Å². The van der Waals surface area contributed by atoms with Gasteiger partial charge in [0.1, 0.15) is 40.3 Å². The number of allylic oxidation sites excluding steroid dienone is 1. The molecule has 19 heteroatoms. The average Bonchev–Trinajstić information content (AvgIpc) is 4.16. The Balaban J connectivity index is 0.658. The molecule has 8 heterocycles. The number of benzene rings is 3. The molecule has 4 N–H and O–H groups in total. The molecule has 12 rings (SSSR count). The number of piperidine rings is 3. The van der Waals surface area contributed by atoms with E-state index < -0.39 is 46.8 Å². The molecule has 2 aromatic heterocycles. The predicted octanol–water partition coefficient (Wildman–Crippen LogP) is 5.93. The van der Waals surface area contributed by atoms with Gasteiger partial charge in [-0.05, 0) is 124 Å². The first-order valence-corrected chi connectivity index (χ1v) is 24.4. The lowest BCUT2D eigenvalue weighted by atomic mass is 9.84. The zero-order chi connectivity index (χ0) is 49.8. The number of carbonyl (C=O) groups excluding carboxylic acids is 6. The number of ether oxygens (including phenoxy) is 2. The number of hydrogen-bond acceptors (Lipinski definition) is 13. The SMILES string of the molecule is C=C1CCC(N2C(=O)c3ccnc(NC(=O)CN4CC5CC(C4)N5CC4CCN(c5cc6nccc(Oc7ccc(NC(=O)C8(C(=O)Nc9ccc(F)cc9)CC8)cc7)c6cc5OC)CC4)c3C2=O)C(=O)N1. The molecule has 5 saturated heterocycles. The van der Waals surface area contributed by atoms with Crippen LogP contribution >= 0.6 is 0 Å². The number of halogens is 1. The Morgan fingerprint density at radius 2 is 1.51 bits per heavy atom. The largest absolute Gasteiger partial charge is 0.495 e. The van der Waals surface area contributed by atoms with Gasteiger partial charge in [0, 0.05) is 79.7 Å². The van der Waals surface area contributed by atoms with E-state index in [1.165, 1.54) is 36.5 Å². The van der Waals surface area contributed by atoms with E-state index in [9.17, 15) is 33.2 Å². The Kier molecular flexibility index (Phi) is 12.1. The third kappa shape index (κ3) is 8.86. The van der Waals surface area contributed by atoms with Gasteiger partial charge in [0.2, 0.25) is 23.6 Å². The fourth-order valence-corrected chi connectivity index (χ4v) is 10.9. The van der Waals surface area contributed by atoms with E-state index >= 15 is 0 Å². The third-order valence-corrected chi connectivity index (χ3v) is 15.0. The maximum atomic E-state index is 13.6. The smallest absolute Gasteiger partial charge is 0.266 e. The quantitative estimate of drug-likeness (QED) is 0.0753. The Bertz CT molecular complexity index is 3040. The lowest BCUT2D eigenvalue weighted by Crippen LogP contribution is -2.69. The number of hydrogen-bond donors (Lipinski definition) is 4. The van der Waals surface area contributed by atoms with E-state index in [-0.39, 0.29) is 35.8 Å². The van der Waals surface area contributed by atoms with Crippen LogP contribution in [0.5, 0.6) is 17.2 Å². The van der Waals surface area contributed by atoms with Gasteiger partial charge in [-0.3, -0.25) is 48.5 Å². The fourth-order valence-electron chi connectivity index (χ4n) is 10.9. The first-order chi connectivity index (χ1) is 34.8. The molecule has 3 aromatic carbocycles. The zero-order valence-electron chi connectivity index (χ0n) is 39.6. The van der Waals surface area contributed by atoms with E-state index in [4.69, 9.17) is 9.47 Å². The average molecular weight is 977 g/mol. The van der Waals surface area contributed by atoms with Crippen LogP contribution in [-0.4, -0.2) is 125 Å². The first-order valence-electron chi connectivity index (χ1n) is 24.4. The second-order valence-corrected chi connectivity index (χ2v) is 19.6. The van der Waals surface area contributed by atoms with Gasteiger partial charge in [-0.2, -0.15) is 0 Å². The molecule has 6 amide bonds. The summed E-state index contributed by atoms with van der Waals surface area (Å²) >= 11 is 0. The number of aromatic nitrogens is 2. The summed E-state index contributed by atoms with van der Waals surface area (Å²) in [6.45, 7) is 8.10. The van der Waals surface area contributed by atoms with Crippen LogP contribution in [0.2, 0.25) is 0 Å². The number of piperazine rings is 1. The van der Waals surface area contributed by atoms with E-state index in [0.29, 0.717) is 71.6 Å². The van der Waals surface area contributed by atoms with Crippen molar-refractivity contribution in [1.82, 2.24) is 30.0 Å². The first kappa shape index (κ1) is 46.6. The summed E-state index contributed by atoms with van der Waals surface area (Å²) in [5.74, 6) is -0.875. The second-order valence-electron chi connectivity index (χ2n) is 19.6. The van der Waals surface area contributed by atoms with Crippen molar-refractivity contribution in [2.75, 3.05) is 67.2 Å². The van der Waals surface area contributed by atoms with Gasteiger partial charge in [0.25, 0.3) is 11.8 Å². The van der Waals surface area contributed by atoms with Gasteiger partial charge in [-0.25, -0.2) is 9.37 Å². The maximum Gasteiger partial charge on any atom is 0.266 e. The summed E-state index contributed by atoms with van der Waals surface area (Å²) in [6.07, 6.45) is 7.75. The van der Waals surface area contributed by atoms with E-state index in [0.717, 1.165) is 73.5 Å². The van der Waals surface area contributed by atoms with Gasteiger partial charge in [0.15, 0.2) is 0 Å². The fraction of sp³-hybridized carbons (Fsp3) is 0.358. The van der Waals surface area contributed by atoms with Crippen LogP contribution in [-0.2, 0) is 19.2 Å². The van der Waals surface area contributed by atoms with Crippen molar-refractivity contribution in [3.05, 3.63) is 114 Å². The standard InChI is InChI=1S/C53H53FN10O8/c1-30-3-12-41(48(66)57-30)64-49(67)38-13-19-56-47(46(38)50(64)68)60-45(65)29-61-27-35-23-36(28-61)63(35)26-31-15-21-62(22-16-31)42-25-40-39(24-44(42)71-2)43(14-20-55-40)72-37-10-8-34(9-11-37)59-52(70)53(17-18-53)51(69)58-33-6-4-32(54)5-7-33/h4-11,13-14,19-20,24-25,31,35-36,41H,1,3,12,15-18,21-23,26-29H2,2H3,(H,57,66)(H,58,69)(H,59,70)(H,56,60,65). The van der Waals surface area contributed by atoms with E-state index in [1.807, 2.05) is 12.1 Å². The van der Waals surface area contributed by atoms with Gasteiger partial charge in [-0.15, -0.1) is 0 Å². The van der Waals surface area contributed by atoms with Gasteiger partial charge in [-0.1, -0.05) is 6.58 Å². The number of rotatable bonds is 14. The highest BCUT2D eigenvalue weighted by molar-refractivity contribution is 6.25. The molecule has 0 spiro atoms. The Morgan fingerprint density at radius 3 is 2.18 bits per heavy atom. The number of methoxy groups -OCH3 is 1. The highest BCUT2D eigenvalue weighted by Crippen LogP contribution is 2.48. The summed E-state index contributed by atoms with van der Waals surface area (Å²) in [5, 5.41) is 11.8. The molecule has 5 aromatic rings. The minimum Gasteiger partial charge on any atom is -0.495 e.